The Labute approximate surface area is 314 Å². The monoisotopic (exact) mass is 737 g/mol. The van der Waals surface area contributed by atoms with Crippen LogP contribution in [0.25, 0.3) is 21.6 Å². The number of aryl methyl sites for hydroxylation is 1. The van der Waals surface area contributed by atoms with Crippen LogP contribution in [0.5, 0.6) is 0 Å². The fourth-order valence-electron chi connectivity index (χ4n) is 7.02. The second kappa shape index (κ2) is 16.7. The zero-order valence-electron chi connectivity index (χ0n) is 30.6. The van der Waals surface area contributed by atoms with Crippen molar-refractivity contribution in [1.29, 1.82) is 0 Å². The summed E-state index contributed by atoms with van der Waals surface area (Å²) in [5.41, 5.74) is 8.79. The summed E-state index contributed by atoms with van der Waals surface area (Å²) >= 11 is 1.59. The van der Waals surface area contributed by atoms with Gasteiger partial charge in [-0.2, -0.15) is 0 Å². The van der Waals surface area contributed by atoms with Gasteiger partial charge in [0.1, 0.15) is 25.3 Å². The number of hydrogen-bond donors (Lipinski definition) is 3. The molecule has 2 atom stereocenters. The number of benzene rings is 3. The van der Waals surface area contributed by atoms with E-state index in [1.807, 2.05) is 81.7 Å². The molecule has 0 unspecified atom stereocenters. The van der Waals surface area contributed by atoms with Gasteiger partial charge in [-0.3, -0.25) is 14.4 Å². The molecule has 1 aromatic heterocycles. The molecule has 1 saturated heterocycles. The first-order chi connectivity index (χ1) is 25.5. The zero-order chi connectivity index (χ0) is 37.5. The smallest absolute Gasteiger partial charge is 0.407 e. The van der Waals surface area contributed by atoms with Crippen molar-refractivity contribution in [3.8, 4) is 21.6 Å². The van der Waals surface area contributed by atoms with Crippen molar-refractivity contribution in [2.24, 2.45) is 5.41 Å². The van der Waals surface area contributed by atoms with Crippen LogP contribution in [0, 0.1) is 12.3 Å². The van der Waals surface area contributed by atoms with Crippen LogP contribution in [0.1, 0.15) is 61.9 Å². The highest BCUT2D eigenvalue weighted by molar-refractivity contribution is 7.13. The third kappa shape index (κ3) is 8.94. The van der Waals surface area contributed by atoms with E-state index < -0.39 is 29.5 Å². The molecule has 2 aliphatic rings. The van der Waals surface area contributed by atoms with Gasteiger partial charge in [0.05, 0.1) is 22.7 Å². The quantitative estimate of drug-likeness (QED) is 0.147. The summed E-state index contributed by atoms with van der Waals surface area (Å²) in [6.45, 7) is 8.50. The highest BCUT2D eigenvalue weighted by Gasteiger charge is 2.41. The minimum atomic E-state index is -0.867. The largest absolute Gasteiger partial charge is 0.449 e. The number of alkyl carbamates (subject to hydrolysis) is 1. The first-order valence-electron chi connectivity index (χ1n) is 18.0. The van der Waals surface area contributed by atoms with Crippen LogP contribution < -0.4 is 16.0 Å². The Morgan fingerprint density at radius 3 is 2.26 bits per heavy atom. The molecule has 278 valence electrons. The first-order valence-corrected chi connectivity index (χ1v) is 18.9. The van der Waals surface area contributed by atoms with E-state index in [0.29, 0.717) is 25.9 Å². The second-order valence-corrected chi connectivity index (χ2v) is 15.4. The zero-order valence-corrected chi connectivity index (χ0v) is 31.5. The van der Waals surface area contributed by atoms with E-state index in [1.165, 1.54) is 0 Å². The Bertz CT molecular complexity index is 1890. The number of carbonyl (C=O) groups excluding carboxylic acids is 4. The lowest BCUT2D eigenvalue weighted by Gasteiger charge is -2.35. The first kappa shape index (κ1) is 37.7. The highest BCUT2D eigenvalue weighted by Crippen LogP contribution is 2.44. The predicted molar refractivity (Wildman–Crippen MR) is 204 cm³/mol. The lowest BCUT2D eigenvalue weighted by Crippen LogP contribution is -2.58. The molecule has 12 heteroatoms. The van der Waals surface area contributed by atoms with Crippen LogP contribution in [-0.2, 0) is 30.4 Å². The predicted octanol–water partition coefficient (Wildman–Crippen LogP) is 5.81. The number of likely N-dealkylation sites (tertiary alicyclic amines) is 1. The summed E-state index contributed by atoms with van der Waals surface area (Å²) in [7, 11) is 0. The molecular formula is C41H47N5O6S. The number of fused-ring (bicyclic) bond motifs is 3. The fourth-order valence-corrected chi connectivity index (χ4v) is 7.83. The third-order valence-electron chi connectivity index (χ3n) is 9.78. The third-order valence-corrected chi connectivity index (χ3v) is 10.8. The number of ether oxygens (including phenoxy) is 2. The van der Waals surface area contributed by atoms with Crippen LogP contribution in [0.3, 0.4) is 0 Å². The van der Waals surface area contributed by atoms with Crippen LogP contribution in [0.2, 0.25) is 0 Å². The number of nitrogens with zero attached hydrogens (tertiary/aromatic N) is 2. The van der Waals surface area contributed by atoms with Crippen molar-refractivity contribution in [3.63, 3.8) is 0 Å². The van der Waals surface area contributed by atoms with E-state index in [9.17, 15) is 19.2 Å². The Balaban J connectivity index is 0.930. The Morgan fingerprint density at radius 2 is 1.62 bits per heavy atom. The van der Waals surface area contributed by atoms with Gasteiger partial charge in [0.15, 0.2) is 0 Å². The summed E-state index contributed by atoms with van der Waals surface area (Å²) < 4.78 is 11.1. The van der Waals surface area contributed by atoms with Crippen molar-refractivity contribution in [3.05, 3.63) is 101 Å². The molecule has 2 heterocycles. The number of hydrogen-bond acceptors (Lipinski definition) is 8. The van der Waals surface area contributed by atoms with E-state index in [1.54, 1.807) is 16.2 Å². The van der Waals surface area contributed by atoms with Crippen molar-refractivity contribution in [2.75, 3.05) is 32.9 Å². The number of nitrogens with one attached hydrogen (secondary N) is 3. The van der Waals surface area contributed by atoms with Crippen molar-refractivity contribution in [2.45, 2.75) is 65.1 Å². The van der Waals surface area contributed by atoms with Crippen LogP contribution >= 0.6 is 11.3 Å². The topological polar surface area (TPSA) is 139 Å². The molecule has 3 aromatic carbocycles. The van der Waals surface area contributed by atoms with E-state index in [0.717, 1.165) is 44.0 Å². The molecule has 6 rings (SSSR count). The molecule has 3 N–H and O–H groups in total. The van der Waals surface area contributed by atoms with Gasteiger partial charge >= 0.3 is 6.09 Å². The van der Waals surface area contributed by atoms with E-state index >= 15 is 0 Å². The molecule has 0 spiro atoms. The van der Waals surface area contributed by atoms with Crippen LogP contribution in [0.4, 0.5) is 4.79 Å². The van der Waals surface area contributed by atoms with Crippen molar-refractivity contribution in [1.82, 2.24) is 25.8 Å². The van der Waals surface area contributed by atoms with Crippen molar-refractivity contribution < 1.29 is 28.7 Å². The Kier molecular flexibility index (Phi) is 11.9. The maximum absolute atomic E-state index is 13.9. The van der Waals surface area contributed by atoms with Gasteiger partial charge in [-0.1, -0.05) is 93.6 Å². The van der Waals surface area contributed by atoms with Crippen LogP contribution in [-0.4, -0.2) is 78.7 Å². The molecule has 0 radical (unpaired) electrons. The summed E-state index contributed by atoms with van der Waals surface area (Å²) in [4.78, 5) is 59.7. The molecule has 1 aliphatic heterocycles. The molecule has 1 fully saturated rings. The SMILES string of the molecule is Cc1ncsc1-c1ccc(CNC(=O)[C@@H]2CCCN2C(=O)[C@@H](NC(=O)COCCNC(=O)OCC2c3ccccc3-c3ccccc32)C(C)(C)C)cc1. The standard InChI is InChI=1S/C41H47N5O6S/c1-26-36(53-25-44-26)28-17-15-27(16-18-28)22-43-38(48)34-14-9-20-46(34)39(49)37(41(2,3)4)45-35(47)24-51-21-19-42-40(50)52-23-33-31-12-7-5-10-29(31)30-11-6-8-13-32(30)33/h5-8,10-13,15-18,25,33-34,37H,9,14,19-24H2,1-4H3,(H,42,50)(H,43,48)(H,45,47)/t34-,37+/m0/s1. The number of rotatable bonds is 13. The highest BCUT2D eigenvalue weighted by atomic mass is 32.1. The fraction of sp³-hybridized carbons (Fsp3) is 0.390. The molecule has 11 nitrogen and oxygen atoms in total. The molecule has 0 bridgehead atoms. The Hall–Kier alpha value is -5.07. The van der Waals surface area contributed by atoms with Gasteiger partial charge < -0.3 is 30.3 Å². The van der Waals surface area contributed by atoms with Gasteiger partial charge in [-0.15, -0.1) is 11.3 Å². The number of aromatic nitrogens is 1. The normalized spacial score (nSPS) is 15.7. The molecule has 4 aromatic rings. The van der Waals surface area contributed by atoms with Gasteiger partial charge in [-0.25, -0.2) is 9.78 Å². The van der Waals surface area contributed by atoms with Gasteiger partial charge in [0, 0.05) is 25.6 Å². The lowest BCUT2D eigenvalue weighted by atomic mass is 9.85. The summed E-state index contributed by atoms with van der Waals surface area (Å²) in [5.74, 6) is -1.02. The minimum Gasteiger partial charge on any atom is -0.449 e. The molecule has 1 aliphatic carbocycles. The minimum absolute atomic E-state index is 0.0422. The summed E-state index contributed by atoms with van der Waals surface area (Å²) in [6.07, 6.45) is 0.672. The molecule has 4 amide bonds. The molecule has 0 saturated carbocycles. The van der Waals surface area contributed by atoms with Gasteiger partial charge in [0.2, 0.25) is 17.7 Å². The average molecular weight is 738 g/mol. The summed E-state index contributed by atoms with van der Waals surface area (Å²) in [5, 5.41) is 8.51. The lowest BCUT2D eigenvalue weighted by molar-refractivity contribution is -0.144. The average Bonchev–Trinajstić information content (AvgIpc) is 3.89. The van der Waals surface area contributed by atoms with Crippen molar-refractivity contribution >= 4 is 35.2 Å². The van der Waals surface area contributed by atoms with E-state index in [2.05, 4.69) is 45.2 Å². The van der Waals surface area contributed by atoms with Gasteiger partial charge in [-0.05, 0) is 58.6 Å². The second-order valence-electron chi connectivity index (χ2n) is 14.5. The Morgan fingerprint density at radius 1 is 0.943 bits per heavy atom. The number of thiazole rings is 1. The van der Waals surface area contributed by atoms with Gasteiger partial charge in [0.25, 0.3) is 0 Å². The maximum Gasteiger partial charge on any atom is 0.407 e. The number of carbonyl (C=O) groups is 4. The van der Waals surface area contributed by atoms with E-state index in [-0.39, 0.29) is 44.1 Å². The van der Waals surface area contributed by atoms with Crippen LogP contribution in [0.15, 0.2) is 78.3 Å². The number of amides is 4. The maximum atomic E-state index is 13.9. The van der Waals surface area contributed by atoms with E-state index in [4.69, 9.17) is 9.47 Å². The molecular weight excluding hydrogens is 691 g/mol. The molecule has 53 heavy (non-hydrogen) atoms. The summed E-state index contributed by atoms with van der Waals surface area (Å²) in [6, 6.07) is 22.8.